The summed E-state index contributed by atoms with van der Waals surface area (Å²) in [6.07, 6.45) is 1.26. The monoisotopic (exact) mass is 280 g/mol. The lowest BCUT2D eigenvalue weighted by Gasteiger charge is -2.10. The van der Waals surface area contributed by atoms with E-state index in [0.29, 0.717) is 24.5 Å². The summed E-state index contributed by atoms with van der Waals surface area (Å²) in [6, 6.07) is 4.13. The smallest absolute Gasteiger partial charge is 0.270 e. The molecule has 1 aromatic carbocycles. The second kappa shape index (κ2) is 7.85. The second-order valence-corrected chi connectivity index (χ2v) is 3.67. The molecule has 0 saturated heterocycles. The number of ether oxygens (including phenoxy) is 2. The topological polar surface area (TPSA) is 112 Å². The Hall–Kier alpha value is -2.48. The number of nitro benzene ring substituents is 1. The van der Waals surface area contributed by atoms with Crippen LogP contribution in [0.1, 0.15) is 5.56 Å². The van der Waals surface area contributed by atoms with E-state index < -0.39 is 4.92 Å². The van der Waals surface area contributed by atoms with Gasteiger partial charge in [0.1, 0.15) is 24.5 Å². The zero-order chi connectivity index (χ0) is 15.0. The Morgan fingerprint density at radius 3 is 2.85 bits per heavy atom. The van der Waals surface area contributed by atoms with Crippen molar-refractivity contribution < 1.29 is 14.4 Å². The Labute approximate surface area is 116 Å². The molecule has 0 unspecified atom stereocenters. The van der Waals surface area contributed by atoms with Crippen molar-refractivity contribution in [2.45, 2.75) is 0 Å². The summed E-state index contributed by atoms with van der Waals surface area (Å²) >= 11 is 0. The Morgan fingerprint density at radius 1 is 1.50 bits per heavy atom. The number of rotatable bonds is 7. The van der Waals surface area contributed by atoms with Crippen molar-refractivity contribution in [3.05, 3.63) is 33.9 Å². The van der Waals surface area contributed by atoms with Gasteiger partial charge in [0.2, 0.25) is 0 Å². The van der Waals surface area contributed by atoms with Gasteiger partial charge in [-0.1, -0.05) is 0 Å². The van der Waals surface area contributed by atoms with E-state index >= 15 is 0 Å². The third kappa shape index (κ3) is 4.32. The lowest BCUT2D eigenvalue weighted by atomic mass is 10.1. The first-order valence-electron chi connectivity index (χ1n) is 5.74. The normalized spacial score (nSPS) is 11.8. The lowest BCUT2D eigenvalue weighted by molar-refractivity contribution is -0.384. The fraction of sp³-hybridized carbons (Fsp3) is 0.333. The van der Waals surface area contributed by atoms with Crippen LogP contribution in [0.5, 0.6) is 5.75 Å². The van der Waals surface area contributed by atoms with Crippen molar-refractivity contribution in [2.75, 3.05) is 27.4 Å². The van der Waals surface area contributed by atoms with Gasteiger partial charge in [-0.05, 0) is 6.07 Å². The molecule has 0 atom stereocenters. The van der Waals surface area contributed by atoms with Crippen LogP contribution in [-0.2, 0) is 4.74 Å². The molecule has 108 valence electrons. The summed E-state index contributed by atoms with van der Waals surface area (Å²) in [4.78, 5) is 17.8. The van der Waals surface area contributed by atoms with Crippen molar-refractivity contribution >= 4 is 17.9 Å². The molecular formula is C12H16N4O4. The summed E-state index contributed by atoms with van der Waals surface area (Å²) in [5, 5.41) is 10.8. The van der Waals surface area contributed by atoms with Crippen LogP contribution in [0.15, 0.2) is 28.2 Å². The molecule has 8 heteroatoms. The SMILES string of the molecule is CN=CN=C(N)c1cc([N+](=O)[O-])ccc1OCCOC. The summed E-state index contributed by atoms with van der Waals surface area (Å²) < 4.78 is 10.3. The van der Waals surface area contributed by atoms with E-state index in [4.69, 9.17) is 15.2 Å². The summed E-state index contributed by atoms with van der Waals surface area (Å²) in [7, 11) is 3.09. The van der Waals surface area contributed by atoms with Gasteiger partial charge in [-0.2, -0.15) is 0 Å². The highest BCUT2D eigenvalue weighted by molar-refractivity contribution is 6.03. The number of non-ortho nitro benzene ring substituents is 1. The van der Waals surface area contributed by atoms with Crippen LogP contribution in [0.3, 0.4) is 0 Å². The zero-order valence-electron chi connectivity index (χ0n) is 11.3. The molecule has 0 aliphatic rings. The predicted molar refractivity (Wildman–Crippen MR) is 75.6 cm³/mol. The maximum atomic E-state index is 10.8. The summed E-state index contributed by atoms with van der Waals surface area (Å²) in [5.74, 6) is 0.491. The predicted octanol–water partition coefficient (Wildman–Crippen LogP) is 0.983. The van der Waals surface area contributed by atoms with Gasteiger partial charge >= 0.3 is 0 Å². The molecular weight excluding hydrogens is 264 g/mol. The first kappa shape index (κ1) is 15.6. The van der Waals surface area contributed by atoms with Crippen molar-refractivity contribution in [1.29, 1.82) is 0 Å². The Kier molecular flexibility index (Phi) is 6.11. The molecule has 0 radical (unpaired) electrons. The van der Waals surface area contributed by atoms with Crippen LogP contribution in [0, 0.1) is 10.1 Å². The minimum atomic E-state index is -0.510. The second-order valence-electron chi connectivity index (χ2n) is 3.67. The molecule has 0 spiro atoms. The molecule has 20 heavy (non-hydrogen) atoms. The largest absolute Gasteiger partial charge is 0.490 e. The van der Waals surface area contributed by atoms with Crippen molar-refractivity contribution in [3.8, 4) is 5.75 Å². The fourth-order valence-corrected chi connectivity index (χ4v) is 1.38. The number of aliphatic imine (C=N–C) groups is 2. The number of hydrogen-bond donors (Lipinski definition) is 1. The van der Waals surface area contributed by atoms with E-state index in [-0.39, 0.29) is 11.5 Å². The van der Waals surface area contributed by atoms with E-state index in [1.165, 1.54) is 24.5 Å². The van der Waals surface area contributed by atoms with Gasteiger partial charge in [-0.25, -0.2) is 4.99 Å². The number of nitrogens with two attached hydrogens (primary N) is 1. The maximum Gasteiger partial charge on any atom is 0.270 e. The number of methoxy groups -OCH3 is 1. The van der Waals surface area contributed by atoms with Crippen molar-refractivity contribution in [1.82, 2.24) is 0 Å². The Balaban J connectivity index is 3.12. The van der Waals surface area contributed by atoms with Crippen LogP contribution in [0.2, 0.25) is 0 Å². The molecule has 1 rings (SSSR count). The van der Waals surface area contributed by atoms with Crippen LogP contribution < -0.4 is 10.5 Å². The minimum Gasteiger partial charge on any atom is -0.490 e. The first-order chi connectivity index (χ1) is 9.60. The molecule has 0 bridgehead atoms. The first-order valence-corrected chi connectivity index (χ1v) is 5.74. The third-order valence-electron chi connectivity index (χ3n) is 2.31. The fourth-order valence-electron chi connectivity index (χ4n) is 1.38. The number of hydrogen-bond acceptors (Lipinski definition) is 5. The molecule has 0 heterocycles. The number of nitrogens with zero attached hydrogens (tertiary/aromatic N) is 3. The molecule has 2 N–H and O–H groups in total. The van der Waals surface area contributed by atoms with Gasteiger partial charge in [0.25, 0.3) is 5.69 Å². The molecule has 8 nitrogen and oxygen atoms in total. The third-order valence-corrected chi connectivity index (χ3v) is 2.31. The molecule has 0 fully saturated rings. The number of nitro groups is 1. The molecule has 0 amide bonds. The molecule has 0 aliphatic carbocycles. The average Bonchev–Trinajstić information content (AvgIpc) is 2.45. The van der Waals surface area contributed by atoms with Crippen molar-refractivity contribution in [3.63, 3.8) is 0 Å². The highest BCUT2D eigenvalue weighted by Gasteiger charge is 2.14. The van der Waals surface area contributed by atoms with Crippen LogP contribution in [0.4, 0.5) is 5.69 Å². The highest BCUT2D eigenvalue weighted by atomic mass is 16.6. The van der Waals surface area contributed by atoms with Gasteiger partial charge in [0.15, 0.2) is 0 Å². The van der Waals surface area contributed by atoms with E-state index in [0.717, 1.165) is 0 Å². The Bertz CT molecular complexity index is 528. The molecule has 0 saturated carbocycles. The van der Waals surface area contributed by atoms with E-state index in [2.05, 4.69) is 9.98 Å². The van der Waals surface area contributed by atoms with Crippen molar-refractivity contribution in [2.24, 2.45) is 15.7 Å². The number of amidine groups is 1. The van der Waals surface area contributed by atoms with E-state index in [1.54, 1.807) is 14.2 Å². The standard InChI is InChI=1S/C12H16N4O4/c1-14-8-15-12(13)10-7-9(16(17)18)3-4-11(10)20-6-5-19-2/h3-4,7-8H,5-6H2,1-2H3,(H2,13,14,15). The average molecular weight is 280 g/mol. The van der Waals surface area contributed by atoms with E-state index in [9.17, 15) is 10.1 Å². The quantitative estimate of drug-likeness (QED) is 0.263. The van der Waals surface area contributed by atoms with Gasteiger partial charge in [0.05, 0.1) is 17.1 Å². The lowest BCUT2D eigenvalue weighted by Crippen LogP contribution is -2.16. The van der Waals surface area contributed by atoms with Crippen LogP contribution in [0.25, 0.3) is 0 Å². The van der Waals surface area contributed by atoms with Gasteiger partial charge in [0, 0.05) is 26.3 Å². The maximum absolute atomic E-state index is 10.8. The summed E-state index contributed by atoms with van der Waals surface area (Å²) in [6.45, 7) is 0.695. The Morgan fingerprint density at radius 2 is 2.25 bits per heavy atom. The van der Waals surface area contributed by atoms with Gasteiger partial charge in [-0.15, -0.1) is 0 Å². The number of benzene rings is 1. The van der Waals surface area contributed by atoms with Gasteiger partial charge < -0.3 is 15.2 Å². The van der Waals surface area contributed by atoms with Crippen LogP contribution in [-0.4, -0.2) is 44.5 Å². The summed E-state index contributed by atoms with van der Waals surface area (Å²) in [5.41, 5.74) is 6.03. The van der Waals surface area contributed by atoms with Crippen LogP contribution >= 0.6 is 0 Å². The van der Waals surface area contributed by atoms with Gasteiger partial charge in [-0.3, -0.25) is 15.1 Å². The zero-order valence-corrected chi connectivity index (χ0v) is 11.3. The molecule has 0 aromatic heterocycles. The molecule has 0 aliphatic heterocycles. The van der Waals surface area contributed by atoms with E-state index in [1.807, 2.05) is 0 Å². The minimum absolute atomic E-state index is 0.0896. The highest BCUT2D eigenvalue weighted by Crippen LogP contribution is 2.24. The molecule has 1 aromatic rings.